The number of hydrogen-bond acceptors (Lipinski definition) is 5. The van der Waals surface area contributed by atoms with Gasteiger partial charge in [-0.25, -0.2) is 4.79 Å². The van der Waals surface area contributed by atoms with Crippen LogP contribution < -0.4 is 5.32 Å². The number of ether oxygens (including phenoxy) is 1. The van der Waals surface area contributed by atoms with Gasteiger partial charge in [-0.2, -0.15) is 13.2 Å². The highest BCUT2D eigenvalue weighted by molar-refractivity contribution is 5.93. The molecule has 1 aromatic rings. The third-order valence-electron chi connectivity index (χ3n) is 5.42. The molecule has 1 unspecified atom stereocenters. The highest BCUT2D eigenvalue weighted by Crippen LogP contribution is 2.41. The number of rotatable bonds is 6. The molecular formula is C21H28F3N3O5. The van der Waals surface area contributed by atoms with Crippen LogP contribution in [0.3, 0.4) is 0 Å². The Morgan fingerprint density at radius 3 is 2.41 bits per heavy atom. The quantitative estimate of drug-likeness (QED) is 0.677. The second kappa shape index (κ2) is 10.8. The standard InChI is InChI=1S/C19H27N3O3.C2HF3O2/c1-14(2)11-17(23)22-12-19(13-22)16(6-10-25-19)5-9-21-18(24)15-3-7-20-8-4-15;3-2(4,5)1(6)7/h3-4,7-8,14,16H,5-6,9-13H2,1-2H3,(H,21,24);(H,6,7). The van der Waals surface area contributed by atoms with Gasteiger partial charge in [0.1, 0.15) is 5.60 Å². The van der Waals surface area contributed by atoms with Crippen LogP contribution in [0.2, 0.25) is 0 Å². The molecule has 2 amide bonds. The molecule has 2 aliphatic rings. The SMILES string of the molecule is CC(C)CC(=O)N1CC2(C1)OCCC2CCNC(=O)c1ccncc1.O=C(O)C(F)(F)F. The molecule has 178 valence electrons. The molecule has 32 heavy (non-hydrogen) atoms. The molecule has 2 aliphatic heterocycles. The normalized spacial score (nSPS) is 19.2. The van der Waals surface area contributed by atoms with Crippen molar-refractivity contribution in [3.63, 3.8) is 0 Å². The Kier molecular flexibility index (Phi) is 8.59. The Hall–Kier alpha value is -2.69. The molecule has 0 aromatic carbocycles. The van der Waals surface area contributed by atoms with Gasteiger partial charge < -0.3 is 20.1 Å². The average Bonchev–Trinajstić information content (AvgIpc) is 3.10. The molecule has 1 atom stereocenters. The van der Waals surface area contributed by atoms with Gasteiger partial charge in [-0.05, 0) is 36.8 Å². The van der Waals surface area contributed by atoms with Crippen molar-refractivity contribution < 1.29 is 37.4 Å². The van der Waals surface area contributed by atoms with Gasteiger partial charge in [-0.15, -0.1) is 0 Å². The molecule has 2 saturated heterocycles. The summed E-state index contributed by atoms with van der Waals surface area (Å²) in [7, 11) is 0. The molecular weight excluding hydrogens is 431 g/mol. The fraction of sp³-hybridized carbons (Fsp3) is 0.619. The van der Waals surface area contributed by atoms with Crippen LogP contribution in [0.5, 0.6) is 0 Å². The van der Waals surface area contributed by atoms with Crippen LogP contribution in [0.25, 0.3) is 0 Å². The van der Waals surface area contributed by atoms with Crippen LogP contribution >= 0.6 is 0 Å². The van der Waals surface area contributed by atoms with Crippen LogP contribution in [0, 0.1) is 11.8 Å². The van der Waals surface area contributed by atoms with Crippen LogP contribution in [0.1, 0.15) is 43.5 Å². The molecule has 1 spiro atoms. The van der Waals surface area contributed by atoms with E-state index >= 15 is 0 Å². The van der Waals surface area contributed by atoms with Gasteiger partial charge in [0.25, 0.3) is 5.91 Å². The van der Waals surface area contributed by atoms with Crippen molar-refractivity contribution in [1.29, 1.82) is 0 Å². The first-order chi connectivity index (χ1) is 14.9. The fourth-order valence-corrected chi connectivity index (χ4v) is 3.76. The Morgan fingerprint density at radius 2 is 1.88 bits per heavy atom. The largest absolute Gasteiger partial charge is 0.490 e. The molecule has 2 fully saturated rings. The van der Waals surface area contributed by atoms with Gasteiger partial charge in [0.2, 0.25) is 5.91 Å². The molecule has 3 heterocycles. The minimum atomic E-state index is -5.08. The van der Waals surface area contributed by atoms with Crippen molar-refractivity contribution in [2.45, 2.75) is 44.9 Å². The summed E-state index contributed by atoms with van der Waals surface area (Å²) in [5, 5.41) is 10.1. The lowest BCUT2D eigenvalue weighted by Gasteiger charge is -2.50. The van der Waals surface area contributed by atoms with E-state index in [-0.39, 0.29) is 17.4 Å². The lowest BCUT2D eigenvalue weighted by atomic mass is 9.78. The molecule has 8 nitrogen and oxygen atoms in total. The number of carboxylic acid groups (broad SMARTS) is 1. The summed E-state index contributed by atoms with van der Waals surface area (Å²) in [6.07, 6.45) is 0.626. The summed E-state index contributed by atoms with van der Waals surface area (Å²) in [5.41, 5.74) is 0.440. The number of pyridine rings is 1. The lowest BCUT2D eigenvalue weighted by molar-refractivity contribution is -0.192. The Morgan fingerprint density at radius 1 is 1.28 bits per heavy atom. The predicted molar refractivity (Wildman–Crippen MR) is 108 cm³/mol. The molecule has 0 radical (unpaired) electrons. The zero-order valence-electron chi connectivity index (χ0n) is 18.0. The molecule has 0 aliphatic carbocycles. The number of carboxylic acids is 1. The number of carbonyl (C=O) groups is 3. The van der Waals surface area contributed by atoms with Crippen molar-refractivity contribution in [2.24, 2.45) is 11.8 Å². The Balaban J connectivity index is 0.000000451. The molecule has 1 aromatic heterocycles. The molecule has 0 saturated carbocycles. The Bertz CT molecular complexity index is 796. The number of likely N-dealkylation sites (tertiary alicyclic amines) is 1. The van der Waals surface area contributed by atoms with Gasteiger partial charge in [0.15, 0.2) is 0 Å². The summed E-state index contributed by atoms with van der Waals surface area (Å²) in [6.45, 7) is 6.89. The summed E-state index contributed by atoms with van der Waals surface area (Å²) < 4.78 is 37.7. The van der Waals surface area contributed by atoms with Gasteiger partial charge in [-0.3, -0.25) is 14.6 Å². The van der Waals surface area contributed by atoms with Crippen LogP contribution in [0.15, 0.2) is 24.5 Å². The fourth-order valence-electron chi connectivity index (χ4n) is 3.76. The maximum absolute atomic E-state index is 12.2. The predicted octanol–water partition coefficient (Wildman–Crippen LogP) is 2.50. The zero-order chi connectivity index (χ0) is 23.9. The third-order valence-corrected chi connectivity index (χ3v) is 5.42. The van der Waals surface area contributed by atoms with E-state index in [1.807, 2.05) is 4.90 Å². The second-order valence-corrected chi connectivity index (χ2v) is 8.33. The topological polar surface area (TPSA) is 109 Å². The summed E-state index contributed by atoms with van der Waals surface area (Å²) in [6, 6.07) is 3.42. The number of carbonyl (C=O) groups excluding carboxylic acids is 2. The first-order valence-corrected chi connectivity index (χ1v) is 10.3. The molecule has 3 rings (SSSR count). The zero-order valence-corrected chi connectivity index (χ0v) is 18.0. The van der Waals surface area contributed by atoms with E-state index in [0.29, 0.717) is 43.5 Å². The maximum atomic E-state index is 12.2. The molecule has 11 heteroatoms. The van der Waals surface area contributed by atoms with E-state index in [1.165, 1.54) is 0 Å². The first kappa shape index (κ1) is 25.6. The number of nitrogens with one attached hydrogen (secondary N) is 1. The van der Waals surface area contributed by atoms with E-state index < -0.39 is 12.1 Å². The number of aliphatic carboxylic acids is 1. The summed E-state index contributed by atoms with van der Waals surface area (Å²) >= 11 is 0. The van der Waals surface area contributed by atoms with E-state index in [4.69, 9.17) is 14.6 Å². The highest BCUT2D eigenvalue weighted by atomic mass is 19.4. The minimum Gasteiger partial charge on any atom is -0.475 e. The van der Waals surface area contributed by atoms with Gasteiger partial charge >= 0.3 is 12.1 Å². The Labute approximate surface area is 184 Å². The number of aromatic nitrogens is 1. The highest BCUT2D eigenvalue weighted by Gasteiger charge is 2.53. The molecule has 2 N–H and O–H groups in total. The third kappa shape index (κ3) is 6.91. The van der Waals surface area contributed by atoms with Crippen LogP contribution in [-0.4, -0.2) is 70.8 Å². The van der Waals surface area contributed by atoms with E-state index in [1.54, 1.807) is 24.5 Å². The summed E-state index contributed by atoms with van der Waals surface area (Å²) in [5.74, 6) is -1.83. The monoisotopic (exact) mass is 459 g/mol. The van der Waals surface area contributed by atoms with Crippen molar-refractivity contribution in [1.82, 2.24) is 15.2 Å². The number of hydrogen-bond donors (Lipinski definition) is 2. The van der Waals surface area contributed by atoms with E-state index in [2.05, 4.69) is 24.1 Å². The number of halogens is 3. The van der Waals surface area contributed by atoms with E-state index in [0.717, 1.165) is 19.4 Å². The van der Waals surface area contributed by atoms with Gasteiger partial charge in [0, 0.05) is 37.5 Å². The summed E-state index contributed by atoms with van der Waals surface area (Å²) in [4.78, 5) is 39.0. The smallest absolute Gasteiger partial charge is 0.475 e. The maximum Gasteiger partial charge on any atom is 0.490 e. The minimum absolute atomic E-state index is 0.0716. The first-order valence-electron chi connectivity index (χ1n) is 10.3. The van der Waals surface area contributed by atoms with Crippen molar-refractivity contribution in [3.05, 3.63) is 30.1 Å². The second-order valence-electron chi connectivity index (χ2n) is 8.33. The number of amides is 2. The van der Waals surface area contributed by atoms with Gasteiger partial charge in [-0.1, -0.05) is 13.8 Å². The van der Waals surface area contributed by atoms with Crippen molar-refractivity contribution in [2.75, 3.05) is 26.2 Å². The average molecular weight is 459 g/mol. The van der Waals surface area contributed by atoms with Crippen molar-refractivity contribution in [3.8, 4) is 0 Å². The molecule has 0 bridgehead atoms. The van der Waals surface area contributed by atoms with Crippen LogP contribution in [0.4, 0.5) is 13.2 Å². The van der Waals surface area contributed by atoms with Gasteiger partial charge in [0.05, 0.1) is 13.1 Å². The van der Waals surface area contributed by atoms with E-state index in [9.17, 15) is 22.8 Å². The lowest BCUT2D eigenvalue weighted by Crippen LogP contribution is -2.66. The number of alkyl halides is 3. The van der Waals surface area contributed by atoms with Crippen LogP contribution in [-0.2, 0) is 14.3 Å². The van der Waals surface area contributed by atoms with Crippen molar-refractivity contribution >= 4 is 17.8 Å². The number of nitrogens with zero attached hydrogens (tertiary/aromatic N) is 2.